The Hall–Kier alpha value is -1.51. The Kier molecular flexibility index (Phi) is 6.31. The minimum absolute atomic E-state index is 0.0554. The van der Waals surface area contributed by atoms with Gasteiger partial charge in [0.15, 0.2) is 0 Å². The standard InChI is InChI=1S/C16H25N3O4S/c1-3-11-18(14-7-9-17-10-8-14)24(22,23)16-12-15(19(20)21)6-5-13(16)4-2/h5-6,12,14,17H,3-4,7-11H2,1-2H3. The highest BCUT2D eigenvalue weighted by atomic mass is 32.2. The summed E-state index contributed by atoms with van der Waals surface area (Å²) in [4.78, 5) is 10.6. The van der Waals surface area contributed by atoms with E-state index in [9.17, 15) is 18.5 Å². The summed E-state index contributed by atoms with van der Waals surface area (Å²) in [6.45, 7) is 5.80. The lowest BCUT2D eigenvalue weighted by atomic mass is 10.1. The van der Waals surface area contributed by atoms with E-state index in [1.807, 2.05) is 13.8 Å². The first-order valence-electron chi connectivity index (χ1n) is 8.41. The molecule has 0 bridgehead atoms. The van der Waals surface area contributed by atoms with E-state index in [0.717, 1.165) is 25.9 Å². The number of nitrogens with zero attached hydrogens (tertiary/aromatic N) is 2. The molecule has 8 heteroatoms. The van der Waals surface area contributed by atoms with Crippen LogP contribution in [0.1, 0.15) is 38.7 Å². The fourth-order valence-electron chi connectivity index (χ4n) is 3.13. The summed E-state index contributed by atoms with van der Waals surface area (Å²) in [6.07, 6.45) is 2.74. The highest BCUT2D eigenvalue weighted by molar-refractivity contribution is 7.89. The Balaban J connectivity index is 2.48. The maximum Gasteiger partial charge on any atom is 0.270 e. The van der Waals surface area contributed by atoms with Crippen LogP contribution in [0, 0.1) is 10.1 Å². The third-order valence-corrected chi connectivity index (χ3v) is 6.42. The SMILES string of the molecule is CCCN(C1CCNCC1)S(=O)(=O)c1cc([N+](=O)[O-])ccc1CC. The maximum atomic E-state index is 13.3. The van der Waals surface area contributed by atoms with Crippen LogP contribution in [0.15, 0.2) is 23.1 Å². The molecular formula is C16H25N3O4S. The first kappa shape index (κ1) is 18.8. The molecule has 0 spiro atoms. The summed E-state index contributed by atoms with van der Waals surface area (Å²) >= 11 is 0. The average Bonchev–Trinajstić information content (AvgIpc) is 2.59. The molecule has 0 unspecified atom stereocenters. The van der Waals surface area contributed by atoms with Crippen LogP contribution in [-0.4, -0.2) is 43.3 Å². The molecule has 0 saturated carbocycles. The van der Waals surface area contributed by atoms with Gasteiger partial charge in [0.1, 0.15) is 0 Å². The van der Waals surface area contributed by atoms with Crippen molar-refractivity contribution in [1.82, 2.24) is 9.62 Å². The number of rotatable bonds is 7. The van der Waals surface area contributed by atoms with Gasteiger partial charge in [0.05, 0.1) is 9.82 Å². The molecule has 7 nitrogen and oxygen atoms in total. The van der Waals surface area contributed by atoms with E-state index in [-0.39, 0.29) is 16.6 Å². The summed E-state index contributed by atoms with van der Waals surface area (Å²) < 4.78 is 28.1. The number of hydrogen-bond acceptors (Lipinski definition) is 5. The molecule has 0 atom stereocenters. The molecule has 24 heavy (non-hydrogen) atoms. The molecule has 1 fully saturated rings. The third-order valence-electron chi connectivity index (χ3n) is 4.39. The topological polar surface area (TPSA) is 92.6 Å². The van der Waals surface area contributed by atoms with Crippen molar-refractivity contribution >= 4 is 15.7 Å². The minimum Gasteiger partial charge on any atom is -0.317 e. The summed E-state index contributed by atoms with van der Waals surface area (Å²) in [5.74, 6) is 0. The Bertz CT molecular complexity index is 685. The number of nitro benzene ring substituents is 1. The van der Waals surface area contributed by atoms with E-state index in [1.54, 1.807) is 10.4 Å². The van der Waals surface area contributed by atoms with Gasteiger partial charge in [-0.15, -0.1) is 0 Å². The number of nitrogens with one attached hydrogen (secondary N) is 1. The van der Waals surface area contributed by atoms with Crippen LogP contribution in [0.3, 0.4) is 0 Å². The Morgan fingerprint density at radius 2 is 1.96 bits per heavy atom. The predicted molar refractivity (Wildman–Crippen MR) is 92.5 cm³/mol. The van der Waals surface area contributed by atoms with E-state index < -0.39 is 14.9 Å². The number of sulfonamides is 1. The fourth-order valence-corrected chi connectivity index (χ4v) is 5.22. The fraction of sp³-hybridized carbons (Fsp3) is 0.625. The molecule has 1 aliphatic rings. The zero-order chi connectivity index (χ0) is 17.7. The zero-order valence-electron chi connectivity index (χ0n) is 14.2. The van der Waals surface area contributed by atoms with Crippen molar-refractivity contribution in [1.29, 1.82) is 0 Å². The van der Waals surface area contributed by atoms with Gasteiger partial charge < -0.3 is 5.32 Å². The molecule has 1 heterocycles. The summed E-state index contributed by atoms with van der Waals surface area (Å²) in [7, 11) is -3.76. The molecule has 0 aromatic heterocycles. The van der Waals surface area contributed by atoms with Crippen molar-refractivity contribution in [3.8, 4) is 0 Å². The van der Waals surface area contributed by atoms with Gasteiger partial charge in [-0.3, -0.25) is 10.1 Å². The largest absolute Gasteiger partial charge is 0.317 e. The molecule has 1 aromatic carbocycles. The number of non-ortho nitro benzene ring substituents is 1. The first-order chi connectivity index (χ1) is 11.4. The van der Waals surface area contributed by atoms with Gasteiger partial charge in [0.25, 0.3) is 5.69 Å². The van der Waals surface area contributed by atoms with Crippen molar-refractivity contribution in [3.63, 3.8) is 0 Å². The molecule has 0 amide bonds. The van der Waals surface area contributed by atoms with Gasteiger partial charge in [0.2, 0.25) is 10.0 Å². The summed E-state index contributed by atoms with van der Waals surface area (Å²) in [5, 5.41) is 14.3. The lowest BCUT2D eigenvalue weighted by Crippen LogP contribution is -2.46. The van der Waals surface area contributed by atoms with Crippen molar-refractivity contribution < 1.29 is 13.3 Å². The Morgan fingerprint density at radius 1 is 1.29 bits per heavy atom. The van der Waals surface area contributed by atoms with Crippen molar-refractivity contribution in [3.05, 3.63) is 33.9 Å². The van der Waals surface area contributed by atoms with Crippen LogP contribution in [-0.2, 0) is 16.4 Å². The van der Waals surface area contributed by atoms with Gasteiger partial charge in [0, 0.05) is 24.7 Å². The molecule has 0 aliphatic carbocycles. The molecule has 2 rings (SSSR count). The number of hydrogen-bond donors (Lipinski definition) is 1. The van der Waals surface area contributed by atoms with Crippen LogP contribution < -0.4 is 5.32 Å². The maximum absolute atomic E-state index is 13.3. The van der Waals surface area contributed by atoms with E-state index in [1.165, 1.54) is 12.1 Å². The molecule has 134 valence electrons. The normalized spacial score (nSPS) is 16.5. The number of aryl methyl sites for hydroxylation is 1. The van der Waals surface area contributed by atoms with Crippen LogP contribution >= 0.6 is 0 Å². The number of nitro groups is 1. The van der Waals surface area contributed by atoms with Crippen LogP contribution in [0.5, 0.6) is 0 Å². The van der Waals surface area contributed by atoms with Crippen LogP contribution in [0.2, 0.25) is 0 Å². The average molecular weight is 355 g/mol. The van der Waals surface area contributed by atoms with Crippen molar-refractivity contribution in [2.45, 2.75) is 50.5 Å². The monoisotopic (exact) mass is 355 g/mol. The molecule has 1 saturated heterocycles. The summed E-state index contributed by atoms with van der Waals surface area (Å²) in [6, 6.07) is 4.07. The van der Waals surface area contributed by atoms with Gasteiger partial charge in [-0.25, -0.2) is 8.42 Å². The number of benzene rings is 1. The quantitative estimate of drug-likeness (QED) is 0.598. The summed E-state index contributed by atoms with van der Waals surface area (Å²) in [5.41, 5.74) is 0.433. The Labute approximate surface area is 143 Å². The molecule has 0 radical (unpaired) electrons. The molecule has 1 aromatic rings. The highest BCUT2D eigenvalue weighted by Gasteiger charge is 2.33. The number of piperidine rings is 1. The van der Waals surface area contributed by atoms with E-state index in [4.69, 9.17) is 0 Å². The Morgan fingerprint density at radius 3 is 2.50 bits per heavy atom. The van der Waals surface area contributed by atoms with Crippen LogP contribution in [0.25, 0.3) is 0 Å². The molecule has 1 aliphatic heterocycles. The second-order valence-corrected chi connectivity index (χ2v) is 7.86. The lowest BCUT2D eigenvalue weighted by molar-refractivity contribution is -0.385. The first-order valence-corrected chi connectivity index (χ1v) is 9.85. The third kappa shape index (κ3) is 3.93. The van der Waals surface area contributed by atoms with Crippen molar-refractivity contribution in [2.75, 3.05) is 19.6 Å². The second kappa shape index (κ2) is 8.04. The molecule has 1 N–H and O–H groups in total. The second-order valence-electron chi connectivity index (χ2n) is 6.00. The van der Waals surface area contributed by atoms with Crippen molar-refractivity contribution in [2.24, 2.45) is 0 Å². The van der Waals surface area contributed by atoms with Gasteiger partial charge in [-0.2, -0.15) is 4.31 Å². The van der Waals surface area contributed by atoms with E-state index >= 15 is 0 Å². The van der Waals surface area contributed by atoms with Gasteiger partial charge in [-0.05, 0) is 44.3 Å². The van der Waals surface area contributed by atoms with E-state index in [0.29, 0.717) is 24.9 Å². The predicted octanol–water partition coefficient (Wildman–Crippen LogP) is 2.31. The minimum atomic E-state index is -3.76. The van der Waals surface area contributed by atoms with Crippen LogP contribution in [0.4, 0.5) is 5.69 Å². The van der Waals surface area contributed by atoms with Gasteiger partial charge in [-0.1, -0.05) is 19.9 Å². The smallest absolute Gasteiger partial charge is 0.270 e. The highest BCUT2D eigenvalue weighted by Crippen LogP contribution is 2.28. The van der Waals surface area contributed by atoms with E-state index in [2.05, 4.69) is 5.32 Å². The lowest BCUT2D eigenvalue weighted by Gasteiger charge is -2.34. The zero-order valence-corrected chi connectivity index (χ0v) is 15.0. The van der Waals surface area contributed by atoms with Gasteiger partial charge >= 0.3 is 0 Å². The molecular weight excluding hydrogens is 330 g/mol.